The lowest BCUT2D eigenvalue weighted by Crippen LogP contribution is -2.22. The molecule has 4 heteroatoms. The summed E-state index contributed by atoms with van der Waals surface area (Å²) in [5.74, 6) is -0.104. The summed E-state index contributed by atoms with van der Waals surface area (Å²) in [4.78, 5) is 11.1. The fourth-order valence-corrected chi connectivity index (χ4v) is 2.47. The molecule has 1 aliphatic heterocycles. The molecule has 1 N–H and O–H groups in total. The Hall–Kier alpha value is -0.870. The van der Waals surface area contributed by atoms with Gasteiger partial charge < -0.3 is 14.8 Å². The summed E-state index contributed by atoms with van der Waals surface area (Å²) in [6.07, 6.45) is 5.82. The van der Waals surface area contributed by atoms with Crippen LogP contribution in [0.3, 0.4) is 0 Å². The molecule has 1 amide bonds. The Morgan fingerprint density at radius 1 is 1.31 bits per heavy atom. The molecule has 90 valence electrons. The predicted molar refractivity (Wildman–Crippen MR) is 59.8 cm³/mol. The van der Waals surface area contributed by atoms with Crippen LogP contribution in [0.1, 0.15) is 26.7 Å². The van der Waals surface area contributed by atoms with Crippen molar-refractivity contribution in [2.75, 3.05) is 7.05 Å². The summed E-state index contributed by atoms with van der Waals surface area (Å²) in [6.45, 7) is 3.89. The van der Waals surface area contributed by atoms with Crippen LogP contribution in [0.15, 0.2) is 12.2 Å². The third-order valence-corrected chi connectivity index (χ3v) is 3.12. The Morgan fingerprint density at radius 3 is 2.38 bits per heavy atom. The highest BCUT2D eigenvalue weighted by molar-refractivity contribution is 5.87. The summed E-state index contributed by atoms with van der Waals surface area (Å²) in [5, 5.41) is 2.56. The van der Waals surface area contributed by atoms with Crippen LogP contribution >= 0.6 is 0 Å². The summed E-state index contributed by atoms with van der Waals surface area (Å²) < 4.78 is 11.6. The first-order valence-electron chi connectivity index (χ1n) is 5.76. The topological polar surface area (TPSA) is 47.6 Å². The van der Waals surface area contributed by atoms with E-state index in [1.807, 2.05) is 19.9 Å². The van der Waals surface area contributed by atoms with Gasteiger partial charge in [0, 0.05) is 7.05 Å². The van der Waals surface area contributed by atoms with Crippen molar-refractivity contribution in [3.63, 3.8) is 0 Å². The highest BCUT2D eigenvalue weighted by Crippen LogP contribution is 2.41. The zero-order chi connectivity index (χ0) is 11.8. The van der Waals surface area contributed by atoms with Crippen molar-refractivity contribution in [1.29, 1.82) is 0 Å². The van der Waals surface area contributed by atoms with Crippen molar-refractivity contribution in [2.24, 2.45) is 5.92 Å². The number of likely N-dealkylation sites (N-methyl/N-ethyl adjacent to an activating group) is 1. The van der Waals surface area contributed by atoms with Crippen molar-refractivity contribution in [3.05, 3.63) is 12.2 Å². The van der Waals surface area contributed by atoms with Gasteiger partial charge in [0.15, 0.2) is 5.79 Å². The lowest BCUT2D eigenvalue weighted by molar-refractivity contribution is -0.152. The summed E-state index contributed by atoms with van der Waals surface area (Å²) in [5.41, 5.74) is 0. The quantitative estimate of drug-likeness (QED) is 0.719. The van der Waals surface area contributed by atoms with E-state index in [0.29, 0.717) is 5.92 Å². The number of ether oxygens (including phenoxy) is 2. The molecule has 0 radical (unpaired) electrons. The minimum absolute atomic E-state index is 0.0563. The lowest BCUT2D eigenvalue weighted by atomic mass is 10.1. The number of hydrogen-bond donors (Lipinski definition) is 1. The van der Waals surface area contributed by atoms with Crippen LogP contribution in [0, 0.1) is 5.92 Å². The second-order valence-electron chi connectivity index (χ2n) is 4.92. The number of rotatable bonds is 2. The molecular weight excluding hydrogens is 206 g/mol. The van der Waals surface area contributed by atoms with Crippen LogP contribution < -0.4 is 5.32 Å². The monoisotopic (exact) mass is 225 g/mol. The largest absolute Gasteiger partial charge is 0.356 e. The minimum Gasteiger partial charge on any atom is -0.356 e. The minimum atomic E-state index is -0.440. The number of fused-ring (bicyclic) bond motifs is 1. The SMILES string of the molecule is CNC(=O)/C=C/C1C[C@@H]2OC(C)(C)O[C@@H]2C1. The molecule has 4 nitrogen and oxygen atoms in total. The maximum absolute atomic E-state index is 11.1. The van der Waals surface area contributed by atoms with Crippen LogP contribution in [-0.4, -0.2) is 30.9 Å². The van der Waals surface area contributed by atoms with Crippen molar-refractivity contribution in [3.8, 4) is 0 Å². The second kappa shape index (κ2) is 4.18. The Labute approximate surface area is 96.0 Å². The maximum Gasteiger partial charge on any atom is 0.243 e. The van der Waals surface area contributed by atoms with Crippen molar-refractivity contribution >= 4 is 5.91 Å². The van der Waals surface area contributed by atoms with E-state index in [1.165, 1.54) is 0 Å². The van der Waals surface area contributed by atoms with E-state index in [-0.39, 0.29) is 18.1 Å². The number of carbonyl (C=O) groups excluding carboxylic acids is 1. The smallest absolute Gasteiger partial charge is 0.243 e. The molecule has 1 unspecified atom stereocenters. The van der Waals surface area contributed by atoms with Crippen LogP contribution in [-0.2, 0) is 14.3 Å². The second-order valence-corrected chi connectivity index (χ2v) is 4.92. The van der Waals surface area contributed by atoms with Gasteiger partial charge in [0.05, 0.1) is 12.2 Å². The van der Waals surface area contributed by atoms with Gasteiger partial charge in [0.1, 0.15) is 0 Å². The Morgan fingerprint density at radius 2 is 1.88 bits per heavy atom. The highest BCUT2D eigenvalue weighted by atomic mass is 16.8. The molecule has 1 saturated carbocycles. The molecule has 1 saturated heterocycles. The first-order chi connectivity index (χ1) is 7.50. The van der Waals surface area contributed by atoms with Gasteiger partial charge >= 0.3 is 0 Å². The van der Waals surface area contributed by atoms with Gasteiger partial charge in [-0.3, -0.25) is 4.79 Å². The van der Waals surface area contributed by atoms with Gasteiger partial charge in [-0.25, -0.2) is 0 Å². The fraction of sp³-hybridized carbons (Fsp3) is 0.750. The predicted octanol–water partition coefficient (Wildman–Crippen LogP) is 1.22. The summed E-state index contributed by atoms with van der Waals surface area (Å²) >= 11 is 0. The molecule has 0 aromatic rings. The molecule has 1 heterocycles. The van der Waals surface area contributed by atoms with E-state index in [4.69, 9.17) is 9.47 Å². The average molecular weight is 225 g/mol. The van der Waals surface area contributed by atoms with E-state index in [1.54, 1.807) is 13.1 Å². The molecule has 2 fully saturated rings. The van der Waals surface area contributed by atoms with E-state index in [2.05, 4.69) is 5.32 Å². The van der Waals surface area contributed by atoms with Gasteiger partial charge in [0.2, 0.25) is 5.91 Å². The molecule has 2 rings (SSSR count). The van der Waals surface area contributed by atoms with Crippen LogP contribution in [0.4, 0.5) is 0 Å². The first-order valence-corrected chi connectivity index (χ1v) is 5.76. The van der Waals surface area contributed by atoms with E-state index in [9.17, 15) is 4.79 Å². The Bertz CT molecular complexity index is 295. The van der Waals surface area contributed by atoms with E-state index >= 15 is 0 Å². The third-order valence-electron chi connectivity index (χ3n) is 3.12. The molecule has 2 aliphatic rings. The lowest BCUT2D eigenvalue weighted by Gasteiger charge is -2.19. The summed E-state index contributed by atoms with van der Waals surface area (Å²) in [6, 6.07) is 0. The molecule has 1 aliphatic carbocycles. The highest BCUT2D eigenvalue weighted by Gasteiger charge is 2.46. The van der Waals surface area contributed by atoms with Gasteiger partial charge in [-0.15, -0.1) is 0 Å². The van der Waals surface area contributed by atoms with E-state index in [0.717, 1.165) is 12.8 Å². The molecule has 0 bridgehead atoms. The average Bonchev–Trinajstić information content (AvgIpc) is 2.67. The zero-order valence-electron chi connectivity index (χ0n) is 10.0. The molecule has 0 aromatic carbocycles. The van der Waals surface area contributed by atoms with Gasteiger partial charge in [-0.2, -0.15) is 0 Å². The zero-order valence-corrected chi connectivity index (χ0v) is 10.0. The first kappa shape index (κ1) is 11.6. The Kier molecular flexibility index (Phi) is 3.04. The number of amides is 1. The number of carbonyl (C=O) groups is 1. The van der Waals surface area contributed by atoms with E-state index < -0.39 is 5.79 Å². The van der Waals surface area contributed by atoms with Crippen molar-refractivity contribution in [2.45, 2.75) is 44.7 Å². The molecule has 3 atom stereocenters. The van der Waals surface area contributed by atoms with Crippen molar-refractivity contribution in [1.82, 2.24) is 5.32 Å². The van der Waals surface area contributed by atoms with Crippen molar-refractivity contribution < 1.29 is 14.3 Å². The molecule has 16 heavy (non-hydrogen) atoms. The molecular formula is C12H19NO3. The number of hydrogen-bond acceptors (Lipinski definition) is 3. The van der Waals surface area contributed by atoms with Gasteiger partial charge in [0.25, 0.3) is 0 Å². The standard InChI is InChI=1S/C12H19NO3/c1-12(2)15-9-6-8(7-10(9)16-12)4-5-11(14)13-3/h4-5,8-10H,6-7H2,1-3H3,(H,13,14)/b5-4+/t8?,9-,10+. The summed E-state index contributed by atoms with van der Waals surface area (Å²) in [7, 11) is 1.63. The van der Waals surface area contributed by atoms with Gasteiger partial charge in [-0.05, 0) is 38.7 Å². The normalized spacial score (nSPS) is 36.6. The number of allylic oxidation sites excluding steroid dienone is 1. The molecule has 0 spiro atoms. The fourth-order valence-electron chi connectivity index (χ4n) is 2.47. The van der Waals surface area contributed by atoms with Crippen LogP contribution in [0.2, 0.25) is 0 Å². The maximum atomic E-state index is 11.1. The molecule has 0 aromatic heterocycles. The number of nitrogens with one attached hydrogen (secondary N) is 1. The van der Waals surface area contributed by atoms with Gasteiger partial charge in [-0.1, -0.05) is 6.08 Å². The third kappa shape index (κ3) is 2.44. The Balaban J connectivity index is 1.87. The van der Waals surface area contributed by atoms with Crippen LogP contribution in [0.5, 0.6) is 0 Å². The van der Waals surface area contributed by atoms with Crippen LogP contribution in [0.25, 0.3) is 0 Å².